The summed E-state index contributed by atoms with van der Waals surface area (Å²) in [6, 6.07) is 2.16. The second-order valence-corrected chi connectivity index (χ2v) is 5.68. The van der Waals surface area contributed by atoms with Gasteiger partial charge in [0.15, 0.2) is 0 Å². The normalized spacial score (nSPS) is 12.8. The monoisotopic (exact) mass is 339 g/mol. The smallest absolute Gasteiger partial charge is 0.123 e. The van der Waals surface area contributed by atoms with Crippen LogP contribution in [-0.2, 0) is 19.4 Å². The van der Waals surface area contributed by atoms with Gasteiger partial charge in [0, 0.05) is 13.0 Å². The van der Waals surface area contributed by atoms with Crippen molar-refractivity contribution in [2.75, 3.05) is 7.05 Å². The molecular weight excluding hydrogens is 318 g/mol. The maximum absolute atomic E-state index is 5.63. The van der Waals surface area contributed by atoms with E-state index in [0.29, 0.717) is 0 Å². The van der Waals surface area contributed by atoms with E-state index in [1.165, 1.54) is 11.3 Å². The fourth-order valence-corrected chi connectivity index (χ4v) is 3.20. The number of aryl methyl sites for hydroxylation is 3. The molecule has 0 spiro atoms. The molecule has 0 aromatic carbocycles. The molecule has 0 aliphatic heterocycles. The molecular formula is C15H22BrN3O. The summed E-state index contributed by atoms with van der Waals surface area (Å²) in [5.74, 6) is 1.00. The first kappa shape index (κ1) is 15.3. The quantitative estimate of drug-likeness (QED) is 0.873. The van der Waals surface area contributed by atoms with Gasteiger partial charge in [0.2, 0.25) is 0 Å². The average Bonchev–Trinajstić information content (AvgIpc) is 3.00. The van der Waals surface area contributed by atoms with Crippen molar-refractivity contribution in [1.29, 1.82) is 0 Å². The summed E-state index contributed by atoms with van der Waals surface area (Å²) in [5.41, 5.74) is 3.52. The fourth-order valence-electron chi connectivity index (χ4n) is 2.47. The van der Waals surface area contributed by atoms with Gasteiger partial charge in [-0.3, -0.25) is 4.68 Å². The van der Waals surface area contributed by atoms with E-state index in [1.807, 2.05) is 13.1 Å². The van der Waals surface area contributed by atoms with Crippen LogP contribution in [0.25, 0.3) is 0 Å². The lowest BCUT2D eigenvalue weighted by molar-refractivity contribution is 0.418. The van der Waals surface area contributed by atoms with Gasteiger partial charge < -0.3 is 9.73 Å². The molecule has 0 amide bonds. The Labute approximate surface area is 128 Å². The summed E-state index contributed by atoms with van der Waals surface area (Å²) in [4.78, 5) is 0. The molecule has 2 aromatic rings. The second-order valence-electron chi connectivity index (χ2n) is 4.89. The number of nitrogens with one attached hydrogen (secondary N) is 1. The Bertz CT molecular complexity index is 574. The van der Waals surface area contributed by atoms with Crippen LogP contribution < -0.4 is 5.32 Å². The molecule has 5 heteroatoms. The van der Waals surface area contributed by atoms with Crippen molar-refractivity contribution in [1.82, 2.24) is 15.1 Å². The van der Waals surface area contributed by atoms with Crippen molar-refractivity contribution in [3.8, 4) is 0 Å². The lowest BCUT2D eigenvalue weighted by Crippen LogP contribution is -2.21. The fraction of sp³-hybridized carbons (Fsp3) is 0.533. The number of rotatable bonds is 6. The zero-order chi connectivity index (χ0) is 14.7. The second kappa shape index (κ2) is 6.59. The Morgan fingerprint density at radius 3 is 2.70 bits per heavy atom. The van der Waals surface area contributed by atoms with Gasteiger partial charge in [0.25, 0.3) is 0 Å². The third-order valence-electron chi connectivity index (χ3n) is 3.66. The largest absolute Gasteiger partial charge is 0.467 e. The minimum absolute atomic E-state index is 0.160. The van der Waals surface area contributed by atoms with Gasteiger partial charge in [-0.1, -0.05) is 6.92 Å². The van der Waals surface area contributed by atoms with Crippen molar-refractivity contribution < 1.29 is 4.42 Å². The van der Waals surface area contributed by atoms with E-state index in [2.05, 4.69) is 51.8 Å². The zero-order valence-corrected chi connectivity index (χ0v) is 14.1. The maximum atomic E-state index is 5.63. The van der Waals surface area contributed by atoms with Gasteiger partial charge in [-0.05, 0) is 54.9 Å². The summed E-state index contributed by atoms with van der Waals surface area (Å²) in [7, 11) is 1.97. The third-order valence-corrected chi connectivity index (χ3v) is 4.57. The molecule has 1 N–H and O–H groups in total. The number of furan rings is 1. The lowest BCUT2D eigenvalue weighted by Gasteiger charge is -2.16. The van der Waals surface area contributed by atoms with Crippen molar-refractivity contribution in [2.45, 2.75) is 46.2 Å². The molecule has 1 atom stereocenters. The number of halogens is 1. The van der Waals surface area contributed by atoms with Crippen molar-refractivity contribution >= 4 is 15.9 Å². The van der Waals surface area contributed by atoms with Gasteiger partial charge in [-0.15, -0.1) is 0 Å². The molecule has 20 heavy (non-hydrogen) atoms. The zero-order valence-electron chi connectivity index (χ0n) is 12.5. The Hall–Kier alpha value is -1.07. The molecule has 0 fully saturated rings. The number of hydrogen-bond donors (Lipinski definition) is 1. The van der Waals surface area contributed by atoms with Crippen molar-refractivity contribution in [3.63, 3.8) is 0 Å². The van der Waals surface area contributed by atoms with Gasteiger partial charge in [-0.25, -0.2) is 0 Å². The van der Waals surface area contributed by atoms with Crippen LogP contribution >= 0.6 is 15.9 Å². The van der Waals surface area contributed by atoms with E-state index in [-0.39, 0.29) is 6.04 Å². The van der Waals surface area contributed by atoms with Crippen LogP contribution in [0.2, 0.25) is 0 Å². The van der Waals surface area contributed by atoms with E-state index >= 15 is 0 Å². The number of hydrogen-bond acceptors (Lipinski definition) is 3. The topological polar surface area (TPSA) is 43.0 Å². The number of nitrogens with zero attached hydrogens (tertiary/aromatic N) is 2. The van der Waals surface area contributed by atoms with Crippen LogP contribution in [0.15, 0.2) is 21.2 Å². The predicted octanol–water partition coefficient (Wildman–Crippen LogP) is 3.63. The molecule has 2 heterocycles. The van der Waals surface area contributed by atoms with Crippen molar-refractivity contribution in [3.05, 3.63) is 39.5 Å². The first-order valence-corrected chi connectivity index (χ1v) is 7.86. The molecule has 0 bridgehead atoms. The molecule has 4 nitrogen and oxygen atoms in total. The molecule has 2 rings (SSSR count). The van der Waals surface area contributed by atoms with Crippen LogP contribution in [0, 0.1) is 6.92 Å². The summed E-state index contributed by atoms with van der Waals surface area (Å²) in [5, 5.41) is 7.99. The standard InChI is InChI=1S/C15H22BrN3O/c1-5-11-14(16)13(19(6-2)18-11)9-12(17-4)15-10(3)7-8-20-15/h7-8,12,17H,5-6,9H2,1-4H3. The molecule has 0 saturated heterocycles. The maximum Gasteiger partial charge on any atom is 0.123 e. The minimum atomic E-state index is 0.160. The molecule has 2 aromatic heterocycles. The first-order chi connectivity index (χ1) is 9.62. The molecule has 0 radical (unpaired) electrons. The Morgan fingerprint density at radius 1 is 1.45 bits per heavy atom. The summed E-state index contributed by atoms with van der Waals surface area (Å²) < 4.78 is 8.83. The van der Waals surface area contributed by atoms with Crippen molar-refractivity contribution in [2.24, 2.45) is 0 Å². The van der Waals surface area contributed by atoms with E-state index < -0.39 is 0 Å². The highest BCUT2D eigenvalue weighted by atomic mass is 79.9. The predicted molar refractivity (Wildman–Crippen MR) is 83.9 cm³/mol. The molecule has 110 valence electrons. The van der Waals surface area contributed by atoms with E-state index in [4.69, 9.17) is 4.42 Å². The Kier molecular flexibility index (Phi) is 5.05. The van der Waals surface area contributed by atoms with Crippen LogP contribution in [0.1, 0.15) is 42.6 Å². The average molecular weight is 340 g/mol. The molecule has 0 saturated carbocycles. The highest BCUT2D eigenvalue weighted by Gasteiger charge is 2.21. The lowest BCUT2D eigenvalue weighted by atomic mass is 10.1. The van der Waals surface area contributed by atoms with Crippen LogP contribution in [0.3, 0.4) is 0 Å². The van der Waals surface area contributed by atoms with Crippen LogP contribution in [0.4, 0.5) is 0 Å². The van der Waals surface area contributed by atoms with E-state index in [1.54, 1.807) is 6.26 Å². The van der Waals surface area contributed by atoms with Crippen LogP contribution in [-0.4, -0.2) is 16.8 Å². The third kappa shape index (κ3) is 2.83. The molecule has 1 unspecified atom stereocenters. The first-order valence-electron chi connectivity index (χ1n) is 7.07. The molecule has 0 aliphatic carbocycles. The summed E-state index contributed by atoms with van der Waals surface area (Å²) in [6.45, 7) is 7.20. The highest BCUT2D eigenvalue weighted by molar-refractivity contribution is 9.10. The Morgan fingerprint density at radius 2 is 2.20 bits per heavy atom. The number of aromatic nitrogens is 2. The highest BCUT2D eigenvalue weighted by Crippen LogP contribution is 2.28. The van der Waals surface area contributed by atoms with Crippen LogP contribution in [0.5, 0.6) is 0 Å². The summed E-state index contributed by atoms with van der Waals surface area (Å²) in [6.07, 6.45) is 3.54. The van der Waals surface area contributed by atoms with Gasteiger partial charge in [0.1, 0.15) is 5.76 Å². The van der Waals surface area contributed by atoms with Gasteiger partial charge in [0.05, 0.1) is 28.2 Å². The van der Waals surface area contributed by atoms with Gasteiger partial charge >= 0.3 is 0 Å². The van der Waals surface area contributed by atoms with E-state index in [0.717, 1.165) is 35.3 Å². The molecule has 0 aliphatic rings. The Balaban J connectivity index is 2.32. The number of likely N-dealkylation sites (N-methyl/N-ethyl adjacent to an activating group) is 1. The summed E-state index contributed by atoms with van der Waals surface area (Å²) >= 11 is 3.70. The van der Waals surface area contributed by atoms with Gasteiger partial charge in [-0.2, -0.15) is 5.10 Å². The minimum Gasteiger partial charge on any atom is -0.467 e. The van der Waals surface area contributed by atoms with E-state index in [9.17, 15) is 0 Å². The SMILES string of the molecule is CCc1nn(CC)c(CC(NC)c2occc2C)c1Br.